The molecule has 0 radical (unpaired) electrons. The van der Waals surface area contributed by atoms with Crippen LogP contribution in [0.1, 0.15) is 54.2 Å². The third-order valence-corrected chi connectivity index (χ3v) is 7.00. The van der Waals surface area contributed by atoms with Crippen molar-refractivity contribution in [2.24, 2.45) is 0 Å². The van der Waals surface area contributed by atoms with Crippen molar-refractivity contribution < 1.29 is 19.1 Å². The number of anilines is 1. The van der Waals surface area contributed by atoms with E-state index in [1.807, 2.05) is 39.0 Å². The number of rotatable bonds is 8. The molecular formula is C29H32N6O4. The van der Waals surface area contributed by atoms with Gasteiger partial charge >= 0.3 is 0 Å². The Balaban J connectivity index is 1.54. The van der Waals surface area contributed by atoms with Gasteiger partial charge in [0, 0.05) is 11.7 Å². The minimum Gasteiger partial charge on any atom is -0.508 e. The molecule has 1 aliphatic rings. The lowest BCUT2D eigenvalue weighted by Gasteiger charge is -2.33. The maximum absolute atomic E-state index is 14.1. The summed E-state index contributed by atoms with van der Waals surface area (Å²) in [6.07, 6.45) is 3.93. The van der Waals surface area contributed by atoms with Gasteiger partial charge in [0.1, 0.15) is 24.1 Å². The van der Waals surface area contributed by atoms with Crippen LogP contribution in [-0.2, 0) is 16.1 Å². The predicted molar refractivity (Wildman–Crippen MR) is 145 cm³/mol. The van der Waals surface area contributed by atoms with Crippen LogP contribution >= 0.6 is 0 Å². The lowest BCUT2D eigenvalue weighted by molar-refractivity contribution is -0.127. The highest BCUT2D eigenvalue weighted by molar-refractivity contribution is 6.01. The molecule has 10 nitrogen and oxygen atoms in total. The van der Waals surface area contributed by atoms with E-state index in [9.17, 15) is 14.7 Å². The Morgan fingerprint density at radius 2 is 1.82 bits per heavy atom. The summed E-state index contributed by atoms with van der Waals surface area (Å²) in [5, 5.41) is 25.5. The number of nitrogens with zero attached hydrogens (tertiary/aromatic N) is 5. The lowest BCUT2D eigenvalue weighted by atomic mass is 10.00. The van der Waals surface area contributed by atoms with E-state index in [4.69, 9.17) is 4.42 Å². The van der Waals surface area contributed by atoms with Crippen LogP contribution in [-0.4, -0.2) is 43.2 Å². The number of nitrogens with one attached hydrogen (secondary N) is 1. The summed E-state index contributed by atoms with van der Waals surface area (Å²) in [4.78, 5) is 30.7. The molecule has 2 amide bonds. The van der Waals surface area contributed by atoms with Gasteiger partial charge in [0.2, 0.25) is 11.7 Å². The van der Waals surface area contributed by atoms with Crippen molar-refractivity contribution in [3.05, 3.63) is 77.0 Å². The molecule has 202 valence electrons. The Kier molecular flexibility index (Phi) is 7.44. The molecule has 1 atom stereocenters. The van der Waals surface area contributed by atoms with Crippen LogP contribution in [0.25, 0.3) is 11.6 Å². The van der Waals surface area contributed by atoms with Gasteiger partial charge in [0.25, 0.3) is 5.91 Å². The number of phenols is 1. The van der Waals surface area contributed by atoms with Crippen molar-refractivity contribution in [3.63, 3.8) is 0 Å². The topological polar surface area (TPSA) is 126 Å². The Bertz CT molecular complexity index is 1470. The summed E-state index contributed by atoms with van der Waals surface area (Å²) in [5.41, 5.74) is 2.98. The van der Waals surface area contributed by atoms with Gasteiger partial charge in [-0.15, -0.1) is 10.2 Å². The van der Waals surface area contributed by atoms with Gasteiger partial charge in [-0.05, 0) is 85.8 Å². The smallest absolute Gasteiger partial charge is 0.251 e. The minimum absolute atomic E-state index is 0.0592. The third-order valence-electron chi connectivity index (χ3n) is 7.00. The van der Waals surface area contributed by atoms with E-state index in [2.05, 4.69) is 20.7 Å². The standard InChI is InChI=1S/C29H32N6O4/c1-18-8-9-19(2)24(16-18)35(26(37)17-34-32-28(31-33-34)25-15-10-20(3)39-25)27(21-11-13-23(36)14-12-21)29(38)30-22-6-4-5-7-22/h8-16,22,27,36H,4-7,17H2,1-3H3,(H,30,38)/t27-/m0/s1. The van der Waals surface area contributed by atoms with Gasteiger partial charge in [-0.2, -0.15) is 4.80 Å². The SMILES string of the molecule is Cc1ccc(C)c(N(C(=O)Cn2nnc(-c3ccc(C)o3)n2)[C@H](C(=O)NC2CCCC2)c2ccc(O)cc2)c1. The van der Waals surface area contributed by atoms with Gasteiger partial charge in [-0.1, -0.05) is 37.1 Å². The number of carbonyl (C=O) groups excluding carboxylic acids is 2. The zero-order valence-corrected chi connectivity index (χ0v) is 22.3. The van der Waals surface area contributed by atoms with E-state index in [1.165, 1.54) is 21.8 Å². The van der Waals surface area contributed by atoms with E-state index in [1.54, 1.807) is 24.3 Å². The molecule has 0 spiro atoms. The molecule has 39 heavy (non-hydrogen) atoms. The summed E-state index contributed by atoms with van der Waals surface area (Å²) in [7, 11) is 0. The molecule has 1 saturated carbocycles. The number of aromatic hydroxyl groups is 1. The number of hydrogen-bond donors (Lipinski definition) is 2. The largest absolute Gasteiger partial charge is 0.508 e. The average Bonchev–Trinajstić information content (AvgIpc) is 3.68. The first-order chi connectivity index (χ1) is 18.8. The van der Waals surface area contributed by atoms with Gasteiger partial charge in [-0.3, -0.25) is 14.5 Å². The minimum atomic E-state index is -0.977. The Morgan fingerprint density at radius 3 is 2.51 bits per heavy atom. The highest BCUT2D eigenvalue weighted by Gasteiger charge is 2.35. The number of benzene rings is 2. The molecule has 0 bridgehead atoms. The summed E-state index contributed by atoms with van der Waals surface area (Å²) in [5.74, 6) is 0.844. The number of aromatic nitrogens is 4. The van der Waals surface area contributed by atoms with E-state index < -0.39 is 6.04 Å². The molecule has 4 aromatic rings. The normalized spacial score (nSPS) is 14.3. The second-order valence-corrected chi connectivity index (χ2v) is 10.1. The number of amides is 2. The fraction of sp³-hybridized carbons (Fsp3) is 0.345. The summed E-state index contributed by atoms with van der Waals surface area (Å²) in [6, 6.07) is 14.8. The van der Waals surface area contributed by atoms with Crippen LogP contribution in [0.3, 0.4) is 0 Å². The molecule has 10 heteroatoms. The van der Waals surface area contributed by atoms with Gasteiger partial charge in [0.15, 0.2) is 5.76 Å². The molecule has 0 saturated heterocycles. The quantitative estimate of drug-likeness (QED) is 0.347. The first-order valence-electron chi connectivity index (χ1n) is 13.1. The summed E-state index contributed by atoms with van der Waals surface area (Å²) >= 11 is 0. The van der Waals surface area contributed by atoms with E-state index in [0.717, 1.165) is 36.8 Å². The lowest BCUT2D eigenvalue weighted by Crippen LogP contribution is -2.47. The maximum Gasteiger partial charge on any atom is 0.251 e. The van der Waals surface area contributed by atoms with E-state index in [-0.39, 0.29) is 36.0 Å². The summed E-state index contributed by atoms with van der Waals surface area (Å²) < 4.78 is 5.59. The molecule has 2 N–H and O–H groups in total. The second kappa shape index (κ2) is 11.1. The van der Waals surface area contributed by atoms with Crippen LogP contribution in [0.15, 0.2) is 59.0 Å². The molecule has 2 heterocycles. The summed E-state index contributed by atoms with van der Waals surface area (Å²) in [6.45, 7) is 5.42. The highest BCUT2D eigenvalue weighted by atomic mass is 16.3. The number of phenolic OH excluding ortho intramolecular Hbond substituents is 1. The van der Waals surface area contributed by atoms with Crippen molar-refractivity contribution in [2.45, 2.75) is 65.1 Å². The van der Waals surface area contributed by atoms with Crippen molar-refractivity contribution >= 4 is 17.5 Å². The monoisotopic (exact) mass is 528 g/mol. The van der Waals surface area contributed by atoms with Crippen molar-refractivity contribution in [1.82, 2.24) is 25.5 Å². The first kappa shape index (κ1) is 26.1. The van der Waals surface area contributed by atoms with Crippen LogP contribution in [0.4, 0.5) is 5.69 Å². The van der Waals surface area contributed by atoms with Crippen LogP contribution in [0.2, 0.25) is 0 Å². The van der Waals surface area contributed by atoms with Crippen molar-refractivity contribution in [1.29, 1.82) is 0 Å². The van der Waals surface area contributed by atoms with Crippen LogP contribution < -0.4 is 10.2 Å². The van der Waals surface area contributed by atoms with Crippen LogP contribution in [0, 0.1) is 20.8 Å². The number of aryl methyl sites for hydroxylation is 3. The number of hydrogen-bond acceptors (Lipinski definition) is 7. The van der Waals surface area contributed by atoms with Gasteiger partial charge in [-0.25, -0.2) is 0 Å². The molecule has 2 aromatic heterocycles. The molecule has 2 aromatic carbocycles. The second-order valence-electron chi connectivity index (χ2n) is 10.1. The fourth-order valence-electron chi connectivity index (χ4n) is 4.98. The third kappa shape index (κ3) is 5.84. The molecule has 0 unspecified atom stereocenters. The Morgan fingerprint density at radius 1 is 1.08 bits per heavy atom. The zero-order valence-electron chi connectivity index (χ0n) is 22.3. The first-order valence-corrected chi connectivity index (χ1v) is 13.1. The molecule has 5 rings (SSSR count). The number of carbonyl (C=O) groups is 2. The Labute approximate surface area is 226 Å². The van der Waals surface area contributed by atoms with Crippen LogP contribution in [0.5, 0.6) is 5.75 Å². The predicted octanol–water partition coefficient (Wildman–Crippen LogP) is 4.40. The highest BCUT2D eigenvalue weighted by Crippen LogP contribution is 2.33. The molecule has 1 fully saturated rings. The Hall–Kier alpha value is -4.47. The van der Waals surface area contributed by atoms with Gasteiger partial charge < -0.3 is 14.8 Å². The molecule has 1 aliphatic carbocycles. The van der Waals surface area contributed by atoms with E-state index in [0.29, 0.717) is 22.8 Å². The number of furan rings is 1. The molecule has 0 aliphatic heterocycles. The van der Waals surface area contributed by atoms with Crippen molar-refractivity contribution in [3.8, 4) is 17.3 Å². The zero-order chi connectivity index (χ0) is 27.5. The number of tetrazole rings is 1. The molecular weight excluding hydrogens is 496 g/mol. The maximum atomic E-state index is 14.1. The fourth-order valence-corrected chi connectivity index (χ4v) is 4.98. The average molecular weight is 529 g/mol. The van der Waals surface area contributed by atoms with E-state index >= 15 is 0 Å². The van der Waals surface area contributed by atoms with Gasteiger partial charge in [0.05, 0.1) is 0 Å². The van der Waals surface area contributed by atoms with Crippen molar-refractivity contribution in [2.75, 3.05) is 4.90 Å².